The van der Waals surface area contributed by atoms with E-state index in [9.17, 15) is 19.2 Å². The van der Waals surface area contributed by atoms with Crippen LogP contribution in [0.25, 0.3) is 0 Å². The summed E-state index contributed by atoms with van der Waals surface area (Å²) in [7, 11) is 1.94. The highest BCUT2D eigenvalue weighted by Gasteiger charge is 2.44. The molecule has 142 valence electrons. The second kappa shape index (κ2) is 6.77. The molecule has 3 heterocycles. The molecule has 0 saturated carbocycles. The van der Waals surface area contributed by atoms with Gasteiger partial charge >= 0.3 is 0 Å². The van der Waals surface area contributed by atoms with E-state index in [-0.39, 0.29) is 18.7 Å². The Bertz CT molecular complexity index is 837. The Kier molecular flexibility index (Phi) is 4.43. The summed E-state index contributed by atoms with van der Waals surface area (Å²) in [6, 6.07) is 4.36. The molecular weight excluding hydrogens is 348 g/mol. The summed E-state index contributed by atoms with van der Waals surface area (Å²) in [6.07, 6.45) is 1.36. The topological polar surface area (TPSA) is 98.8 Å². The number of piperidine rings is 1. The zero-order chi connectivity index (χ0) is 19.1. The van der Waals surface area contributed by atoms with Crippen LogP contribution in [0.1, 0.15) is 40.0 Å². The highest BCUT2D eigenvalue weighted by Crippen LogP contribution is 2.32. The Morgan fingerprint density at radius 3 is 2.63 bits per heavy atom. The number of imide groups is 2. The van der Waals surface area contributed by atoms with E-state index in [1.807, 2.05) is 13.1 Å². The smallest absolute Gasteiger partial charge is 0.262 e. The van der Waals surface area contributed by atoms with Crippen LogP contribution in [0, 0.1) is 5.92 Å². The van der Waals surface area contributed by atoms with Crippen LogP contribution in [0.3, 0.4) is 0 Å². The maximum atomic E-state index is 12.9. The number of rotatable bonds is 4. The molecule has 1 aromatic rings. The number of carbonyl (C=O) groups excluding carboxylic acids is 4. The summed E-state index contributed by atoms with van der Waals surface area (Å²) in [5.41, 5.74) is 1.57. The predicted molar refractivity (Wildman–Crippen MR) is 97.4 cm³/mol. The van der Waals surface area contributed by atoms with Crippen molar-refractivity contribution in [3.63, 3.8) is 0 Å². The van der Waals surface area contributed by atoms with Gasteiger partial charge in [-0.3, -0.25) is 29.4 Å². The molecule has 4 amide bonds. The van der Waals surface area contributed by atoms with Gasteiger partial charge in [-0.25, -0.2) is 0 Å². The van der Waals surface area contributed by atoms with E-state index in [2.05, 4.69) is 15.5 Å². The van der Waals surface area contributed by atoms with Crippen LogP contribution in [-0.2, 0) is 9.59 Å². The molecular formula is C19H22N4O4. The van der Waals surface area contributed by atoms with Gasteiger partial charge in [0, 0.05) is 25.2 Å². The quantitative estimate of drug-likeness (QED) is 0.732. The van der Waals surface area contributed by atoms with Crippen molar-refractivity contribution in [3.8, 4) is 0 Å². The average molecular weight is 370 g/mol. The second-order valence-corrected chi connectivity index (χ2v) is 7.34. The van der Waals surface area contributed by atoms with Gasteiger partial charge in [-0.15, -0.1) is 0 Å². The van der Waals surface area contributed by atoms with Crippen molar-refractivity contribution in [2.75, 3.05) is 31.6 Å². The van der Waals surface area contributed by atoms with Crippen molar-refractivity contribution in [1.29, 1.82) is 0 Å². The SMILES string of the molecule is CNCC1CCN(c2ccc3c(c2)C(=O)N(C2CCC(=O)NC2=O)C3=O)C1. The molecule has 3 aliphatic heterocycles. The van der Waals surface area contributed by atoms with E-state index in [1.54, 1.807) is 12.1 Å². The minimum atomic E-state index is -0.926. The summed E-state index contributed by atoms with van der Waals surface area (Å²) in [4.78, 5) is 52.3. The minimum absolute atomic E-state index is 0.121. The molecule has 2 atom stereocenters. The first kappa shape index (κ1) is 17.7. The molecule has 0 bridgehead atoms. The van der Waals surface area contributed by atoms with Crippen LogP contribution in [0.2, 0.25) is 0 Å². The van der Waals surface area contributed by atoms with Gasteiger partial charge < -0.3 is 10.2 Å². The van der Waals surface area contributed by atoms with Gasteiger partial charge in [0.05, 0.1) is 11.1 Å². The fourth-order valence-electron chi connectivity index (χ4n) is 4.18. The van der Waals surface area contributed by atoms with Crippen LogP contribution in [-0.4, -0.2) is 61.3 Å². The third-order valence-corrected chi connectivity index (χ3v) is 5.57. The Balaban J connectivity index is 1.57. The van der Waals surface area contributed by atoms with Crippen molar-refractivity contribution in [1.82, 2.24) is 15.5 Å². The first-order valence-electron chi connectivity index (χ1n) is 9.24. The molecule has 1 aromatic carbocycles. The number of hydrogen-bond donors (Lipinski definition) is 2. The van der Waals surface area contributed by atoms with E-state index in [1.165, 1.54) is 0 Å². The molecule has 0 aliphatic carbocycles. The molecule has 0 radical (unpaired) electrons. The second-order valence-electron chi connectivity index (χ2n) is 7.34. The van der Waals surface area contributed by atoms with Gasteiger partial charge in [0.25, 0.3) is 11.8 Å². The van der Waals surface area contributed by atoms with E-state index in [0.29, 0.717) is 17.0 Å². The zero-order valence-electron chi connectivity index (χ0n) is 15.2. The van der Waals surface area contributed by atoms with Gasteiger partial charge in [-0.05, 0) is 50.6 Å². The van der Waals surface area contributed by atoms with Crippen LogP contribution in [0.15, 0.2) is 18.2 Å². The summed E-state index contributed by atoms with van der Waals surface area (Å²) in [5.74, 6) is -1.33. The number of anilines is 1. The summed E-state index contributed by atoms with van der Waals surface area (Å²) in [5, 5.41) is 5.40. The van der Waals surface area contributed by atoms with Crippen molar-refractivity contribution in [2.45, 2.75) is 25.3 Å². The van der Waals surface area contributed by atoms with Crippen LogP contribution < -0.4 is 15.5 Å². The van der Waals surface area contributed by atoms with Gasteiger partial charge in [0.1, 0.15) is 6.04 Å². The highest BCUT2D eigenvalue weighted by atomic mass is 16.2. The molecule has 8 nitrogen and oxygen atoms in total. The summed E-state index contributed by atoms with van der Waals surface area (Å²) < 4.78 is 0. The fraction of sp³-hybridized carbons (Fsp3) is 0.474. The number of benzene rings is 1. The van der Waals surface area contributed by atoms with E-state index in [0.717, 1.165) is 36.6 Å². The van der Waals surface area contributed by atoms with Crippen LogP contribution in [0.5, 0.6) is 0 Å². The lowest BCUT2D eigenvalue weighted by Gasteiger charge is -2.27. The third kappa shape index (κ3) is 2.99. The number of hydrogen-bond acceptors (Lipinski definition) is 6. The largest absolute Gasteiger partial charge is 0.371 e. The standard InChI is InChI=1S/C19H22N4O4/c1-20-9-11-6-7-22(10-11)12-2-3-13-14(8-12)19(27)23(18(13)26)15-4-5-16(24)21-17(15)25/h2-3,8,11,15,20H,4-7,9-10H2,1H3,(H,21,24,25). The molecule has 0 aromatic heterocycles. The molecule has 3 aliphatic rings. The summed E-state index contributed by atoms with van der Waals surface area (Å²) >= 11 is 0. The Labute approximate surface area is 156 Å². The molecule has 2 unspecified atom stereocenters. The lowest BCUT2D eigenvalue weighted by Crippen LogP contribution is -2.54. The Hall–Kier alpha value is -2.74. The number of nitrogens with zero attached hydrogens (tertiary/aromatic N) is 2. The van der Waals surface area contributed by atoms with Crippen molar-refractivity contribution in [3.05, 3.63) is 29.3 Å². The maximum absolute atomic E-state index is 12.9. The van der Waals surface area contributed by atoms with Gasteiger partial charge in [-0.1, -0.05) is 0 Å². The number of nitrogens with one attached hydrogen (secondary N) is 2. The predicted octanol–water partition coefficient (Wildman–Crippen LogP) is 0.134. The zero-order valence-corrected chi connectivity index (χ0v) is 15.2. The molecule has 0 spiro atoms. The Morgan fingerprint density at radius 1 is 1.11 bits per heavy atom. The molecule has 27 heavy (non-hydrogen) atoms. The van der Waals surface area contributed by atoms with Crippen molar-refractivity contribution in [2.24, 2.45) is 5.92 Å². The first-order valence-corrected chi connectivity index (χ1v) is 9.24. The van der Waals surface area contributed by atoms with Crippen molar-refractivity contribution < 1.29 is 19.2 Å². The monoisotopic (exact) mass is 370 g/mol. The lowest BCUT2D eigenvalue weighted by atomic mass is 10.0. The van der Waals surface area contributed by atoms with E-state index >= 15 is 0 Å². The fourth-order valence-corrected chi connectivity index (χ4v) is 4.18. The normalized spacial score (nSPS) is 25.2. The van der Waals surface area contributed by atoms with Crippen molar-refractivity contribution >= 4 is 29.3 Å². The van der Waals surface area contributed by atoms with Crippen LogP contribution >= 0.6 is 0 Å². The maximum Gasteiger partial charge on any atom is 0.262 e. The molecule has 4 rings (SSSR count). The first-order chi connectivity index (χ1) is 13.0. The number of fused-ring (bicyclic) bond motifs is 1. The van der Waals surface area contributed by atoms with Crippen LogP contribution in [0.4, 0.5) is 5.69 Å². The number of amides is 4. The minimum Gasteiger partial charge on any atom is -0.371 e. The molecule has 2 N–H and O–H groups in total. The third-order valence-electron chi connectivity index (χ3n) is 5.57. The van der Waals surface area contributed by atoms with Gasteiger partial charge in [0.2, 0.25) is 11.8 Å². The molecule has 2 fully saturated rings. The molecule has 8 heteroatoms. The van der Waals surface area contributed by atoms with E-state index in [4.69, 9.17) is 0 Å². The van der Waals surface area contributed by atoms with E-state index < -0.39 is 23.8 Å². The van der Waals surface area contributed by atoms with Gasteiger partial charge in [0.15, 0.2) is 0 Å². The number of carbonyl (C=O) groups is 4. The lowest BCUT2D eigenvalue weighted by molar-refractivity contribution is -0.136. The Morgan fingerprint density at radius 2 is 1.89 bits per heavy atom. The van der Waals surface area contributed by atoms with Gasteiger partial charge in [-0.2, -0.15) is 0 Å². The average Bonchev–Trinajstić information content (AvgIpc) is 3.20. The highest BCUT2D eigenvalue weighted by molar-refractivity contribution is 6.23. The molecule has 2 saturated heterocycles. The summed E-state index contributed by atoms with van der Waals surface area (Å²) in [6.45, 7) is 2.75.